The van der Waals surface area contributed by atoms with E-state index in [4.69, 9.17) is 9.15 Å². The van der Waals surface area contributed by atoms with Crippen LogP contribution in [0.3, 0.4) is 0 Å². The second-order valence-corrected chi connectivity index (χ2v) is 10.2. The summed E-state index contributed by atoms with van der Waals surface area (Å²) < 4.78 is 13.1. The van der Waals surface area contributed by atoms with Crippen molar-refractivity contribution < 1.29 is 9.15 Å². The van der Waals surface area contributed by atoms with Gasteiger partial charge in [-0.05, 0) is 77.0 Å². The van der Waals surface area contributed by atoms with Gasteiger partial charge in [0.1, 0.15) is 17.6 Å². The van der Waals surface area contributed by atoms with Gasteiger partial charge in [0.25, 0.3) is 5.56 Å². The molecule has 1 atom stereocenters. The van der Waals surface area contributed by atoms with Crippen molar-refractivity contribution in [2.24, 2.45) is 0 Å². The monoisotopic (exact) mass is 524 g/mol. The number of hydrogen-bond donors (Lipinski definition) is 1. The molecule has 1 aliphatic carbocycles. The summed E-state index contributed by atoms with van der Waals surface area (Å²) in [4.78, 5) is 19.2. The molecule has 0 saturated heterocycles. The number of aromatic nitrogens is 5. The van der Waals surface area contributed by atoms with Crippen LogP contribution in [0.5, 0.6) is 5.75 Å². The molecule has 0 bridgehead atoms. The maximum absolute atomic E-state index is 13.8. The van der Waals surface area contributed by atoms with E-state index in [2.05, 4.69) is 25.4 Å². The minimum absolute atomic E-state index is 0.151. The van der Waals surface area contributed by atoms with Crippen molar-refractivity contribution in [1.29, 1.82) is 0 Å². The van der Waals surface area contributed by atoms with Gasteiger partial charge in [-0.2, -0.15) is 0 Å². The molecular formula is C30H32N6O3. The number of nitrogens with zero attached hydrogens (tertiary/aromatic N) is 5. The van der Waals surface area contributed by atoms with E-state index in [1.807, 2.05) is 72.3 Å². The smallest absolute Gasteiger partial charge is 0.253 e. The molecule has 1 saturated carbocycles. The number of fused-ring (bicyclic) bond motifs is 1. The van der Waals surface area contributed by atoms with E-state index in [0.29, 0.717) is 24.5 Å². The number of hydrogen-bond acceptors (Lipinski definition) is 7. The van der Waals surface area contributed by atoms with Gasteiger partial charge in [-0.3, -0.25) is 9.69 Å². The molecule has 5 aromatic rings. The van der Waals surface area contributed by atoms with Crippen LogP contribution in [-0.4, -0.2) is 37.2 Å². The molecule has 0 spiro atoms. The number of furan rings is 1. The SMILES string of the molecule is COc1ccc(CN(Cc2ccco2)[C@@H](c2cc3cccc(C)c3[nH]c2=O)c2nnnn2C2CCCC2)cc1. The number of methoxy groups -OCH3 is 1. The van der Waals surface area contributed by atoms with Crippen LogP contribution in [0.15, 0.2) is 76.1 Å². The van der Waals surface area contributed by atoms with E-state index in [1.54, 1.807) is 13.4 Å². The molecule has 1 aliphatic rings. The Balaban J connectivity index is 1.52. The molecule has 0 radical (unpaired) electrons. The molecule has 3 aromatic heterocycles. The zero-order chi connectivity index (χ0) is 26.8. The third kappa shape index (κ3) is 5.09. The fourth-order valence-electron chi connectivity index (χ4n) is 5.70. The molecule has 0 aliphatic heterocycles. The molecule has 200 valence electrons. The summed E-state index contributed by atoms with van der Waals surface area (Å²) in [5.41, 5.74) is 3.38. The number of pyridine rings is 1. The Kier molecular flexibility index (Phi) is 6.98. The van der Waals surface area contributed by atoms with E-state index in [1.165, 1.54) is 0 Å². The first kappa shape index (κ1) is 25.1. The third-order valence-corrected chi connectivity index (χ3v) is 7.69. The molecule has 0 unspecified atom stereocenters. The minimum Gasteiger partial charge on any atom is -0.497 e. The molecule has 9 nitrogen and oxygen atoms in total. The Labute approximate surface area is 226 Å². The lowest BCUT2D eigenvalue weighted by Gasteiger charge is -2.31. The molecule has 3 heterocycles. The fraction of sp³-hybridized carbons (Fsp3) is 0.333. The van der Waals surface area contributed by atoms with Crippen LogP contribution in [0.4, 0.5) is 0 Å². The zero-order valence-corrected chi connectivity index (χ0v) is 22.2. The number of ether oxygens (including phenoxy) is 1. The van der Waals surface area contributed by atoms with Crippen LogP contribution in [0.1, 0.15) is 66.0 Å². The van der Waals surface area contributed by atoms with Crippen molar-refractivity contribution in [1.82, 2.24) is 30.1 Å². The van der Waals surface area contributed by atoms with E-state index < -0.39 is 6.04 Å². The number of aromatic amines is 1. The van der Waals surface area contributed by atoms with Gasteiger partial charge in [0.15, 0.2) is 5.82 Å². The molecule has 2 aromatic carbocycles. The Bertz CT molecular complexity index is 1600. The zero-order valence-electron chi connectivity index (χ0n) is 22.2. The average Bonchev–Trinajstić information content (AvgIpc) is 3.74. The lowest BCUT2D eigenvalue weighted by Crippen LogP contribution is -2.35. The van der Waals surface area contributed by atoms with E-state index >= 15 is 0 Å². The van der Waals surface area contributed by atoms with Crippen molar-refractivity contribution in [2.75, 3.05) is 7.11 Å². The number of H-pyrrole nitrogens is 1. The topological polar surface area (TPSA) is 102 Å². The maximum Gasteiger partial charge on any atom is 0.253 e. The van der Waals surface area contributed by atoms with E-state index in [9.17, 15) is 4.79 Å². The Hall–Kier alpha value is -4.24. The maximum atomic E-state index is 13.8. The number of rotatable bonds is 9. The summed E-state index contributed by atoms with van der Waals surface area (Å²) in [6.07, 6.45) is 6.01. The van der Waals surface area contributed by atoms with Gasteiger partial charge in [0.05, 0.1) is 31.5 Å². The molecular weight excluding hydrogens is 492 g/mol. The average molecular weight is 525 g/mol. The largest absolute Gasteiger partial charge is 0.497 e. The summed E-state index contributed by atoms with van der Waals surface area (Å²) in [7, 11) is 1.66. The summed E-state index contributed by atoms with van der Waals surface area (Å²) in [5.74, 6) is 2.25. The van der Waals surface area contributed by atoms with Crippen LogP contribution in [0.2, 0.25) is 0 Å². The van der Waals surface area contributed by atoms with Gasteiger partial charge in [0.2, 0.25) is 0 Å². The second kappa shape index (κ2) is 10.9. The predicted octanol–water partition coefficient (Wildman–Crippen LogP) is 5.33. The van der Waals surface area contributed by atoms with Crippen LogP contribution in [0.25, 0.3) is 10.9 Å². The van der Waals surface area contributed by atoms with Crippen molar-refractivity contribution in [3.8, 4) is 5.75 Å². The summed E-state index contributed by atoms with van der Waals surface area (Å²) >= 11 is 0. The Morgan fingerprint density at radius 2 is 1.92 bits per heavy atom. The highest BCUT2D eigenvalue weighted by Gasteiger charge is 2.34. The van der Waals surface area contributed by atoms with Crippen LogP contribution < -0.4 is 10.3 Å². The summed E-state index contributed by atoms with van der Waals surface area (Å²) in [5, 5.41) is 14.1. The number of benzene rings is 2. The van der Waals surface area contributed by atoms with Gasteiger partial charge in [-0.15, -0.1) is 5.10 Å². The molecule has 1 fully saturated rings. The van der Waals surface area contributed by atoms with Gasteiger partial charge >= 0.3 is 0 Å². The number of aryl methyl sites for hydroxylation is 1. The first-order chi connectivity index (χ1) is 19.1. The third-order valence-electron chi connectivity index (χ3n) is 7.69. The quantitative estimate of drug-likeness (QED) is 0.278. The molecule has 9 heteroatoms. The van der Waals surface area contributed by atoms with Gasteiger partial charge in [-0.25, -0.2) is 4.68 Å². The highest BCUT2D eigenvalue weighted by molar-refractivity contribution is 5.82. The van der Waals surface area contributed by atoms with Crippen molar-refractivity contribution >= 4 is 10.9 Å². The van der Waals surface area contributed by atoms with Crippen molar-refractivity contribution in [2.45, 2.75) is 57.8 Å². The molecule has 39 heavy (non-hydrogen) atoms. The van der Waals surface area contributed by atoms with Gasteiger partial charge in [-0.1, -0.05) is 43.2 Å². The van der Waals surface area contributed by atoms with Crippen LogP contribution >= 0.6 is 0 Å². The van der Waals surface area contributed by atoms with Crippen LogP contribution in [0, 0.1) is 6.92 Å². The molecule has 6 rings (SSSR count). The molecule has 0 amide bonds. The Morgan fingerprint density at radius 1 is 1.10 bits per heavy atom. The predicted molar refractivity (Wildman–Crippen MR) is 147 cm³/mol. The molecule has 1 N–H and O–H groups in total. The highest BCUT2D eigenvalue weighted by atomic mass is 16.5. The Morgan fingerprint density at radius 3 is 2.67 bits per heavy atom. The van der Waals surface area contributed by atoms with E-state index in [0.717, 1.165) is 59.2 Å². The first-order valence-corrected chi connectivity index (χ1v) is 13.4. The number of nitrogens with one attached hydrogen (secondary N) is 1. The van der Waals surface area contributed by atoms with Gasteiger partial charge in [0, 0.05) is 12.1 Å². The van der Waals surface area contributed by atoms with Crippen molar-refractivity contribution in [3.05, 3.63) is 106 Å². The van der Waals surface area contributed by atoms with Crippen molar-refractivity contribution in [3.63, 3.8) is 0 Å². The number of para-hydroxylation sites is 1. The fourth-order valence-corrected chi connectivity index (χ4v) is 5.70. The lowest BCUT2D eigenvalue weighted by atomic mass is 10.0. The summed E-state index contributed by atoms with van der Waals surface area (Å²) in [6, 6.07) is 19.5. The lowest BCUT2D eigenvalue weighted by molar-refractivity contribution is 0.176. The number of tetrazole rings is 1. The van der Waals surface area contributed by atoms with Gasteiger partial charge < -0.3 is 14.1 Å². The normalized spacial score (nSPS) is 14.8. The minimum atomic E-state index is -0.513. The first-order valence-electron chi connectivity index (χ1n) is 13.4. The highest BCUT2D eigenvalue weighted by Crippen LogP contribution is 2.35. The van der Waals surface area contributed by atoms with Crippen LogP contribution in [-0.2, 0) is 13.1 Å². The van der Waals surface area contributed by atoms with E-state index in [-0.39, 0.29) is 11.6 Å². The second-order valence-electron chi connectivity index (χ2n) is 10.2. The standard InChI is InChI=1S/C30H32N6O3/c1-20-7-5-8-22-17-26(30(37)31-27(20)22)28(29-32-33-34-36(29)23-9-3-4-10-23)35(19-25-11-6-16-39-25)18-21-12-14-24(38-2)15-13-21/h5-8,11-17,23,28H,3-4,9-10,18-19H2,1-2H3,(H,31,37)/t28-/m0/s1. The summed E-state index contributed by atoms with van der Waals surface area (Å²) in [6.45, 7) is 3.01.